The molecule has 3 rings (SSSR count). The first-order valence-corrected chi connectivity index (χ1v) is 9.23. The highest BCUT2D eigenvalue weighted by Crippen LogP contribution is 2.27. The Kier molecular flexibility index (Phi) is 6.03. The Morgan fingerprint density at radius 2 is 1.93 bits per heavy atom. The number of rotatable bonds is 7. The van der Waals surface area contributed by atoms with Crippen molar-refractivity contribution in [3.63, 3.8) is 0 Å². The number of carbonyl (C=O) groups is 1. The van der Waals surface area contributed by atoms with Gasteiger partial charge in [-0.1, -0.05) is 24.3 Å². The monoisotopic (exact) mass is 432 g/mol. The number of halogens is 1. The zero-order valence-electron chi connectivity index (χ0n) is 15.1. The molecule has 0 saturated heterocycles. The summed E-state index contributed by atoms with van der Waals surface area (Å²) >= 11 is 3.51. The lowest BCUT2D eigenvalue weighted by Gasteiger charge is -2.16. The summed E-state index contributed by atoms with van der Waals surface area (Å²) in [7, 11) is 2.97. The number of para-hydroxylation sites is 1. The standard InChI is InChI=1S/C20H21BrN2O4/c1-25-16-8-6-13(7-9-16)10-15(22)12-27-23-18(20(24)26-2)11-14-4-3-5-17(21)19(14)23/h3-9,11,15H,10,12,22H2,1-2H3. The Morgan fingerprint density at radius 3 is 2.59 bits per heavy atom. The predicted molar refractivity (Wildman–Crippen MR) is 107 cm³/mol. The van der Waals surface area contributed by atoms with Crippen LogP contribution in [0.3, 0.4) is 0 Å². The number of benzene rings is 2. The average Bonchev–Trinajstić information content (AvgIpc) is 3.06. The van der Waals surface area contributed by atoms with Crippen molar-refractivity contribution >= 4 is 32.8 Å². The fourth-order valence-corrected chi connectivity index (χ4v) is 3.41. The molecule has 27 heavy (non-hydrogen) atoms. The van der Waals surface area contributed by atoms with E-state index in [-0.39, 0.29) is 12.6 Å². The number of carbonyl (C=O) groups excluding carboxylic acids is 1. The van der Waals surface area contributed by atoms with Gasteiger partial charge in [0.05, 0.1) is 14.2 Å². The molecule has 1 heterocycles. The van der Waals surface area contributed by atoms with Crippen molar-refractivity contribution in [1.82, 2.24) is 4.73 Å². The lowest BCUT2D eigenvalue weighted by Crippen LogP contribution is -2.34. The SMILES string of the molecule is COC(=O)c1cc2cccc(Br)c2n1OCC(N)Cc1ccc(OC)cc1. The number of ether oxygens (including phenoxy) is 2. The maximum atomic E-state index is 12.1. The molecule has 2 aromatic carbocycles. The molecule has 1 unspecified atom stereocenters. The van der Waals surface area contributed by atoms with Crippen LogP contribution >= 0.6 is 15.9 Å². The van der Waals surface area contributed by atoms with E-state index >= 15 is 0 Å². The van der Waals surface area contributed by atoms with E-state index in [0.717, 1.165) is 26.7 Å². The van der Waals surface area contributed by atoms with Crippen LogP contribution in [0.15, 0.2) is 53.0 Å². The number of hydrogen-bond donors (Lipinski definition) is 1. The zero-order valence-corrected chi connectivity index (χ0v) is 16.7. The second-order valence-electron chi connectivity index (χ2n) is 6.10. The highest BCUT2D eigenvalue weighted by Gasteiger charge is 2.19. The number of nitrogens with two attached hydrogens (primary N) is 1. The van der Waals surface area contributed by atoms with Crippen molar-refractivity contribution in [3.8, 4) is 5.75 Å². The Morgan fingerprint density at radius 1 is 1.19 bits per heavy atom. The van der Waals surface area contributed by atoms with Crippen LogP contribution in [0.2, 0.25) is 0 Å². The molecule has 0 radical (unpaired) electrons. The third-order valence-corrected chi connectivity index (χ3v) is 4.84. The maximum Gasteiger partial charge on any atom is 0.358 e. The molecule has 0 aliphatic carbocycles. The molecule has 0 saturated carbocycles. The summed E-state index contributed by atoms with van der Waals surface area (Å²) in [5, 5.41) is 0.869. The summed E-state index contributed by atoms with van der Waals surface area (Å²) < 4.78 is 12.3. The molecule has 7 heteroatoms. The number of fused-ring (bicyclic) bond motifs is 1. The van der Waals surface area contributed by atoms with Crippen LogP contribution in [0.5, 0.6) is 5.75 Å². The Hall–Kier alpha value is -2.51. The molecule has 1 atom stereocenters. The number of esters is 1. The first-order chi connectivity index (χ1) is 13.0. The number of hydrogen-bond acceptors (Lipinski definition) is 5. The van der Waals surface area contributed by atoms with Gasteiger partial charge in [-0.3, -0.25) is 0 Å². The predicted octanol–water partition coefficient (Wildman–Crippen LogP) is 3.20. The van der Waals surface area contributed by atoms with E-state index in [2.05, 4.69) is 15.9 Å². The molecule has 6 nitrogen and oxygen atoms in total. The third-order valence-electron chi connectivity index (χ3n) is 4.20. The van der Waals surface area contributed by atoms with Crippen LogP contribution in [0, 0.1) is 0 Å². The summed E-state index contributed by atoms with van der Waals surface area (Å²) in [6, 6.07) is 14.9. The van der Waals surface area contributed by atoms with Gasteiger partial charge in [0.25, 0.3) is 0 Å². The van der Waals surface area contributed by atoms with Gasteiger partial charge in [0.2, 0.25) is 0 Å². The van der Waals surface area contributed by atoms with Crippen molar-refractivity contribution in [2.75, 3.05) is 20.8 Å². The minimum Gasteiger partial charge on any atom is -0.497 e. The molecule has 0 aliphatic heterocycles. The fraction of sp³-hybridized carbons (Fsp3) is 0.250. The van der Waals surface area contributed by atoms with Gasteiger partial charge in [-0.05, 0) is 52.2 Å². The Labute approximate surface area is 165 Å². The van der Waals surface area contributed by atoms with E-state index in [4.69, 9.17) is 20.0 Å². The summed E-state index contributed by atoms with van der Waals surface area (Å²) in [5.74, 6) is 0.330. The molecule has 142 valence electrons. The first-order valence-electron chi connectivity index (χ1n) is 8.43. The van der Waals surface area contributed by atoms with Crippen molar-refractivity contribution < 1.29 is 19.1 Å². The molecule has 1 aromatic heterocycles. The molecule has 0 spiro atoms. The van der Waals surface area contributed by atoms with Crippen LogP contribution in [-0.4, -0.2) is 37.6 Å². The lowest BCUT2D eigenvalue weighted by molar-refractivity contribution is 0.0508. The van der Waals surface area contributed by atoms with Gasteiger partial charge in [0.15, 0.2) is 5.69 Å². The lowest BCUT2D eigenvalue weighted by atomic mass is 10.1. The molecule has 2 N–H and O–H groups in total. The van der Waals surface area contributed by atoms with Gasteiger partial charge in [0, 0.05) is 15.9 Å². The van der Waals surface area contributed by atoms with E-state index < -0.39 is 5.97 Å². The van der Waals surface area contributed by atoms with Crippen molar-refractivity contribution in [3.05, 3.63) is 64.3 Å². The van der Waals surface area contributed by atoms with E-state index in [9.17, 15) is 4.79 Å². The van der Waals surface area contributed by atoms with Gasteiger partial charge in [-0.2, -0.15) is 4.73 Å². The zero-order chi connectivity index (χ0) is 19.4. The van der Waals surface area contributed by atoms with Crippen LogP contribution in [0.1, 0.15) is 16.1 Å². The first kappa shape index (κ1) is 19.3. The number of nitrogens with zero attached hydrogens (tertiary/aromatic N) is 1. The van der Waals surface area contributed by atoms with E-state index in [1.54, 1.807) is 13.2 Å². The summed E-state index contributed by atoms with van der Waals surface area (Å²) in [6.07, 6.45) is 0.637. The molecule has 0 aliphatic rings. The van der Waals surface area contributed by atoms with Gasteiger partial charge in [0.1, 0.15) is 17.9 Å². The van der Waals surface area contributed by atoms with Crippen LogP contribution in [0.4, 0.5) is 0 Å². The van der Waals surface area contributed by atoms with Crippen molar-refractivity contribution in [2.24, 2.45) is 5.73 Å². The van der Waals surface area contributed by atoms with E-state index in [1.807, 2.05) is 42.5 Å². The second-order valence-corrected chi connectivity index (χ2v) is 6.96. The molecule has 0 fully saturated rings. The topological polar surface area (TPSA) is 75.7 Å². The largest absolute Gasteiger partial charge is 0.497 e. The Bertz CT molecular complexity index is 937. The molecule has 0 bridgehead atoms. The molecule has 0 amide bonds. The minimum atomic E-state index is -0.471. The smallest absolute Gasteiger partial charge is 0.358 e. The Balaban J connectivity index is 1.77. The quantitative estimate of drug-likeness (QED) is 0.580. The molecular weight excluding hydrogens is 412 g/mol. The molecule has 3 aromatic rings. The van der Waals surface area contributed by atoms with Crippen molar-refractivity contribution in [2.45, 2.75) is 12.5 Å². The van der Waals surface area contributed by atoms with Crippen molar-refractivity contribution in [1.29, 1.82) is 0 Å². The van der Waals surface area contributed by atoms with Crippen LogP contribution < -0.4 is 15.3 Å². The van der Waals surface area contributed by atoms with E-state index in [1.165, 1.54) is 11.8 Å². The fourth-order valence-electron chi connectivity index (χ4n) is 2.86. The van der Waals surface area contributed by atoms with Crippen LogP contribution in [0.25, 0.3) is 10.9 Å². The normalized spacial score (nSPS) is 12.0. The summed E-state index contributed by atoms with van der Waals surface area (Å²) in [5.41, 5.74) is 8.39. The second kappa shape index (κ2) is 8.45. The van der Waals surface area contributed by atoms with E-state index in [0.29, 0.717) is 12.1 Å². The minimum absolute atomic E-state index is 0.237. The van der Waals surface area contributed by atoms with Gasteiger partial charge in [-0.25, -0.2) is 4.79 Å². The maximum absolute atomic E-state index is 12.1. The summed E-state index contributed by atoms with van der Waals surface area (Å²) in [4.78, 5) is 18.0. The summed E-state index contributed by atoms with van der Waals surface area (Å²) in [6.45, 7) is 0.237. The van der Waals surface area contributed by atoms with Gasteiger partial charge in [-0.15, -0.1) is 0 Å². The van der Waals surface area contributed by atoms with Crippen LogP contribution in [-0.2, 0) is 11.2 Å². The molecular formula is C20H21BrN2O4. The van der Waals surface area contributed by atoms with Gasteiger partial charge < -0.3 is 20.0 Å². The average molecular weight is 433 g/mol. The number of aromatic nitrogens is 1. The highest BCUT2D eigenvalue weighted by atomic mass is 79.9. The number of methoxy groups -OCH3 is 2. The highest BCUT2D eigenvalue weighted by molar-refractivity contribution is 9.10. The van der Waals surface area contributed by atoms with Gasteiger partial charge >= 0.3 is 5.97 Å². The third kappa shape index (κ3) is 4.26.